The number of nitrogens with one attached hydrogen (secondary N) is 1. The molecule has 2 amide bonds. The Hall–Kier alpha value is -2.41. The molecule has 8 heteroatoms. The van der Waals surface area contributed by atoms with E-state index in [0.717, 1.165) is 0 Å². The van der Waals surface area contributed by atoms with Gasteiger partial charge in [0, 0.05) is 26.2 Å². The van der Waals surface area contributed by atoms with Gasteiger partial charge in [-0.1, -0.05) is 17.7 Å². The summed E-state index contributed by atoms with van der Waals surface area (Å²) in [6, 6.07) is 4.16. The molecule has 1 saturated heterocycles. The lowest BCUT2D eigenvalue weighted by Gasteiger charge is -2.17. The van der Waals surface area contributed by atoms with Crippen LogP contribution in [0.5, 0.6) is 0 Å². The van der Waals surface area contributed by atoms with Crippen LogP contribution in [0, 0.1) is 5.82 Å². The Morgan fingerprint density at radius 2 is 2.21 bits per heavy atom. The van der Waals surface area contributed by atoms with Gasteiger partial charge in [0.25, 0.3) is 5.91 Å². The Morgan fingerprint density at radius 1 is 1.42 bits per heavy atom. The molecule has 0 radical (unpaired) electrons. The highest BCUT2D eigenvalue weighted by atomic mass is 35.5. The van der Waals surface area contributed by atoms with Crippen molar-refractivity contribution >= 4 is 29.1 Å². The normalized spacial score (nSPS) is 17.1. The molecule has 1 aliphatic rings. The second-order valence-electron chi connectivity index (χ2n) is 5.68. The van der Waals surface area contributed by atoms with E-state index in [-0.39, 0.29) is 22.5 Å². The molecule has 1 aromatic heterocycles. The van der Waals surface area contributed by atoms with E-state index in [1.54, 1.807) is 22.0 Å². The Balaban J connectivity index is 1.72. The second-order valence-corrected chi connectivity index (χ2v) is 6.09. The van der Waals surface area contributed by atoms with Crippen molar-refractivity contribution in [3.8, 4) is 0 Å². The van der Waals surface area contributed by atoms with Crippen molar-refractivity contribution in [2.45, 2.75) is 19.4 Å². The first-order valence-electron chi connectivity index (χ1n) is 7.50. The number of halogens is 2. The fourth-order valence-corrected chi connectivity index (χ4v) is 3.05. The summed E-state index contributed by atoms with van der Waals surface area (Å²) in [6.07, 6.45) is 3.97. The highest BCUT2D eigenvalue weighted by Gasteiger charge is 2.30. The number of rotatable bonds is 3. The van der Waals surface area contributed by atoms with Crippen molar-refractivity contribution in [1.29, 1.82) is 0 Å². The topological polar surface area (TPSA) is 67.2 Å². The van der Waals surface area contributed by atoms with Crippen LogP contribution in [0.15, 0.2) is 30.6 Å². The Bertz CT molecular complexity index is 772. The molecule has 1 atom stereocenters. The number of anilines is 1. The van der Waals surface area contributed by atoms with Crippen molar-refractivity contribution in [2.75, 3.05) is 18.4 Å². The molecule has 2 heterocycles. The van der Waals surface area contributed by atoms with E-state index in [9.17, 15) is 14.0 Å². The van der Waals surface area contributed by atoms with Crippen LogP contribution in [-0.4, -0.2) is 39.6 Å². The van der Waals surface area contributed by atoms with Crippen molar-refractivity contribution in [1.82, 2.24) is 14.7 Å². The van der Waals surface area contributed by atoms with Gasteiger partial charge in [0.05, 0.1) is 28.5 Å². The molecule has 126 valence electrons. The summed E-state index contributed by atoms with van der Waals surface area (Å²) in [7, 11) is 0. The summed E-state index contributed by atoms with van der Waals surface area (Å²) >= 11 is 5.96. The fourth-order valence-electron chi connectivity index (χ4n) is 2.81. The third-order valence-electron chi connectivity index (χ3n) is 3.92. The van der Waals surface area contributed by atoms with Crippen LogP contribution in [0.4, 0.5) is 10.1 Å². The molecule has 1 aliphatic heterocycles. The maximum absolute atomic E-state index is 13.9. The van der Waals surface area contributed by atoms with Gasteiger partial charge < -0.3 is 10.2 Å². The molecule has 3 rings (SSSR count). The number of aromatic nitrogens is 2. The molecule has 24 heavy (non-hydrogen) atoms. The highest BCUT2D eigenvalue weighted by molar-refractivity contribution is 6.33. The smallest absolute Gasteiger partial charge is 0.258 e. The van der Waals surface area contributed by atoms with Gasteiger partial charge in [-0.2, -0.15) is 5.10 Å². The molecule has 1 unspecified atom stereocenters. The minimum atomic E-state index is -0.622. The molecule has 1 N–H and O–H groups in total. The molecule has 0 aliphatic carbocycles. The van der Waals surface area contributed by atoms with Crippen LogP contribution < -0.4 is 5.32 Å². The zero-order valence-corrected chi connectivity index (χ0v) is 13.8. The average Bonchev–Trinajstić information content (AvgIpc) is 3.15. The van der Waals surface area contributed by atoms with Crippen LogP contribution in [0.2, 0.25) is 5.02 Å². The summed E-state index contributed by atoms with van der Waals surface area (Å²) in [5.41, 5.74) is 0.503. The summed E-state index contributed by atoms with van der Waals surface area (Å²) in [5.74, 6) is -1.22. The van der Waals surface area contributed by atoms with Gasteiger partial charge in [0.15, 0.2) is 0 Å². The van der Waals surface area contributed by atoms with E-state index >= 15 is 0 Å². The van der Waals surface area contributed by atoms with Gasteiger partial charge in [-0.15, -0.1) is 0 Å². The van der Waals surface area contributed by atoms with Gasteiger partial charge in [-0.3, -0.25) is 14.3 Å². The molecule has 0 spiro atoms. The van der Waals surface area contributed by atoms with Gasteiger partial charge in [0.1, 0.15) is 5.82 Å². The minimum Gasteiger partial charge on any atom is -0.336 e. The molecule has 2 aromatic rings. The number of amides is 2. The molecule has 1 fully saturated rings. The van der Waals surface area contributed by atoms with Gasteiger partial charge >= 0.3 is 0 Å². The summed E-state index contributed by atoms with van der Waals surface area (Å²) in [4.78, 5) is 25.2. The summed E-state index contributed by atoms with van der Waals surface area (Å²) in [5, 5.41) is 6.98. The predicted molar refractivity (Wildman–Crippen MR) is 87.5 cm³/mol. The number of benzene rings is 1. The fraction of sp³-hybridized carbons (Fsp3) is 0.312. The number of hydrogen-bond donors (Lipinski definition) is 1. The number of carbonyl (C=O) groups excluding carboxylic acids is 2. The van der Waals surface area contributed by atoms with Crippen molar-refractivity contribution in [2.24, 2.45) is 0 Å². The lowest BCUT2D eigenvalue weighted by Crippen LogP contribution is -2.30. The Kier molecular flexibility index (Phi) is 4.53. The Morgan fingerprint density at radius 3 is 2.92 bits per heavy atom. The number of carbonyl (C=O) groups is 2. The molecular formula is C16H16ClFN4O2. The van der Waals surface area contributed by atoms with Crippen molar-refractivity contribution < 1.29 is 14.0 Å². The molecule has 1 aromatic carbocycles. The van der Waals surface area contributed by atoms with E-state index in [2.05, 4.69) is 10.4 Å². The van der Waals surface area contributed by atoms with Gasteiger partial charge in [-0.05, 0) is 18.6 Å². The van der Waals surface area contributed by atoms with Gasteiger partial charge in [0.2, 0.25) is 5.91 Å². The Labute approximate surface area is 143 Å². The summed E-state index contributed by atoms with van der Waals surface area (Å²) in [6.45, 7) is 2.32. The van der Waals surface area contributed by atoms with Crippen molar-refractivity contribution in [3.05, 3.63) is 47.0 Å². The number of hydrogen-bond acceptors (Lipinski definition) is 3. The van der Waals surface area contributed by atoms with Crippen LogP contribution in [0.25, 0.3) is 0 Å². The maximum Gasteiger partial charge on any atom is 0.258 e. The molecule has 6 nitrogen and oxygen atoms in total. The zero-order chi connectivity index (χ0) is 17.3. The van der Waals surface area contributed by atoms with Crippen LogP contribution in [0.3, 0.4) is 0 Å². The second kappa shape index (κ2) is 6.60. The number of likely N-dealkylation sites (tertiary alicyclic amines) is 1. The predicted octanol–water partition coefficient (Wildman–Crippen LogP) is 2.72. The highest BCUT2D eigenvalue weighted by Crippen LogP contribution is 2.27. The van der Waals surface area contributed by atoms with Crippen LogP contribution in [0.1, 0.15) is 29.7 Å². The van der Waals surface area contributed by atoms with Gasteiger partial charge in [-0.25, -0.2) is 4.39 Å². The average molecular weight is 351 g/mol. The lowest BCUT2D eigenvalue weighted by molar-refractivity contribution is -0.114. The van der Waals surface area contributed by atoms with E-state index in [4.69, 9.17) is 11.6 Å². The van der Waals surface area contributed by atoms with E-state index in [1.165, 1.54) is 25.1 Å². The lowest BCUT2D eigenvalue weighted by atomic mass is 10.2. The third kappa shape index (κ3) is 3.26. The van der Waals surface area contributed by atoms with E-state index in [0.29, 0.717) is 25.2 Å². The first kappa shape index (κ1) is 16.4. The van der Waals surface area contributed by atoms with E-state index in [1.807, 2.05) is 0 Å². The molecular weight excluding hydrogens is 335 g/mol. The molecule has 0 saturated carbocycles. The largest absolute Gasteiger partial charge is 0.336 e. The summed E-state index contributed by atoms with van der Waals surface area (Å²) < 4.78 is 15.6. The number of nitrogens with zero attached hydrogens (tertiary/aromatic N) is 3. The quantitative estimate of drug-likeness (QED) is 0.925. The standard InChI is InChI=1S/C16H16ClFN4O2/c1-10(23)20-11-7-19-22(8-11)12-5-6-21(9-12)16(24)15-13(17)3-2-4-14(15)18/h2-4,7-8,12H,5-6,9H2,1H3,(H,20,23). The maximum atomic E-state index is 13.9. The van der Waals surface area contributed by atoms with E-state index < -0.39 is 11.7 Å². The van der Waals surface area contributed by atoms with Crippen molar-refractivity contribution in [3.63, 3.8) is 0 Å². The third-order valence-corrected chi connectivity index (χ3v) is 4.24. The molecule has 0 bridgehead atoms. The monoisotopic (exact) mass is 350 g/mol. The zero-order valence-electron chi connectivity index (χ0n) is 13.0. The minimum absolute atomic E-state index is 0.0259. The van der Waals surface area contributed by atoms with Crippen LogP contribution >= 0.6 is 11.6 Å². The first-order chi connectivity index (χ1) is 11.5. The SMILES string of the molecule is CC(=O)Nc1cnn(C2CCN(C(=O)c3c(F)cccc3Cl)C2)c1. The van der Waals surface area contributed by atoms with Crippen LogP contribution in [-0.2, 0) is 4.79 Å². The first-order valence-corrected chi connectivity index (χ1v) is 7.88.